The molecule has 0 saturated carbocycles. The molecule has 1 atom stereocenters. The van der Waals surface area contributed by atoms with Crippen molar-refractivity contribution < 1.29 is 9.59 Å². The third-order valence-electron chi connectivity index (χ3n) is 4.30. The van der Waals surface area contributed by atoms with Crippen molar-refractivity contribution in [3.05, 3.63) is 94.3 Å². The first kappa shape index (κ1) is 19.6. The Morgan fingerprint density at radius 3 is 2.29 bits per heavy atom. The predicted molar refractivity (Wildman–Crippen MR) is 111 cm³/mol. The van der Waals surface area contributed by atoms with E-state index in [-0.39, 0.29) is 23.3 Å². The zero-order valence-corrected chi connectivity index (χ0v) is 16.3. The Labute approximate surface area is 168 Å². The van der Waals surface area contributed by atoms with Crippen LogP contribution < -0.4 is 10.6 Å². The first-order chi connectivity index (χ1) is 13.4. The standard InChI is InChI=1S/C22H20ClN3O2/c1-14-13-17(23)11-12-18(14)26-22(28)20-10-6-9-19(25-20)21(27)24-15(2)16-7-4-3-5-8-16/h3-13,15H,1-2H3,(H,24,27)(H,26,28). The van der Waals surface area contributed by atoms with E-state index in [1.807, 2.05) is 44.2 Å². The molecule has 0 radical (unpaired) electrons. The molecule has 0 aliphatic heterocycles. The Morgan fingerprint density at radius 2 is 1.61 bits per heavy atom. The number of hydrogen-bond donors (Lipinski definition) is 2. The number of pyridine rings is 1. The number of carbonyl (C=O) groups is 2. The molecule has 142 valence electrons. The molecule has 0 fully saturated rings. The van der Waals surface area contributed by atoms with Crippen LogP contribution in [0.3, 0.4) is 0 Å². The number of halogens is 1. The molecule has 5 nitrogen and oxygen atoms in total. The summed E-state index contributed by atoms with van der Waals surface area (Å²) in [5, 5.41) is 6.29. The highest BCUT2D eigenvalue weighted by Crippen LogP contribution is 2.20. The van der Waals surface area contributed by atoms with Gasteiger partial charge in [-0.2, -0.15) is 0 Å². The van der Waals surface area contributed by atoms with Crippen molar-refractivity contribution in [2.24, 2.45) is 0 Å². The summed E-state index contributed by atoms with van der Waals surface area (Å²) in [5.41, 5.74) is 2.82. The monoisotopic (exact) mass is 393 g/mol. The summed E-state index contributed by atoms with van der Waals surface area (Å²) < 4.78 is 0. The lowest BCUT2D eigenvalue weighted by Gasteiger charge is -2.14. The molecule has 1 aromatic heterocycles. The van der Waals surface area contributed by atoms with Crippen molar-refractivity contribution >= 4 is 29.1 Å². The second-order valence-electron chi connectivity index (χ2n) is 6.43. The first-order valence-corrected chi connectivity index (χ1v) is 9.22. The van der Waals surface area contributed by atoms with Crippen molar-refractivity contribution in [3.8, 4) is 0 Å². The number of carbonyl (C=O) groups excluding carboxylic acids is 2. The number of benzene rings is 2. The molecule has 1 heterocycles. The van der Waals surface area contributed by atoms with E-state index in [2.05, 4.69) is 15.6 Å². The minimum Gasteiger partial charge on any atom is -0.344 e. The smallest absolute Gasteiger partial charge is 0.274 e. The number of hydrogen-bond acceptors (Lipinski definition) is 3. The van der Waals surface area contributed by atoms with Crippen LogP contribution in [0, 0.1) is 6.92 Å². The molecule has 0 aliphatic carbocycles. The van der Waals surface area contributed by atoms with Gasteiger partial charge in [0.25, 0.3) is 11.8 Å². The molecular formula is C22H20ClN3O2. The van der Waals surface area contributed by atoms with Gasteiger partial charge in [0, 0.05) is 10.7 Å². The average molecular weight is 394 g/mol. The van der Waals surface area contributed by atoms with E-state index in [0.29, 0.717) is 10.7 Å². The number of rotatable bonds is 5. The minimum atomic E-state index is -0.392. The van der Waals surface area contributed by atoms with Crippen molar-refractivity contribution in [2.45, 2.75) is 19.9 Å². The Hall–Kier alpha value is -3.18. The molecule has 28 heavy (non-hydrogen) atoms. The van der Waals surface area contributed by atoms with Gasteiger partial charge in [-0.05, 0) is 55.3 Å². The highest BCUT2D eigenvalue weighted by atomic mass is 35.5. The summed E-state index contributed by atoms with van der Waals surface area (Å²) in [6.45, 7) is 3.75. The van der Waals surface area contributed by atoms with E-state index in [1.165, 1.54) is 0 Å². The summed E-state index contributed by atoms with van der Waals surface area (Å²) in [6.07, 6.45) is 0. The van der Waals surface area contributed by atoms with Crippen molar-refractivity contribution in [2.75, 3.05) is 5.32 Å². The second kappa shape index (κ2) is 8.67. The van der Waals surface area contributed by atoms with Gasteiger partial charge >= 0.3 is 0 Å². The second-order valence-corrected chi connectivity index (χ2v) is 6.86. The number of nitrogens with zero attached hydrogens (tertiary/aromatic N) is 1. The Morgan fingerprint density at radius 1 is 0.929 bits per heavy atom. The van der Waals surface area contributed by atoms with Gasteiger partial charge in [-0.15, -0.1) is 0 Å². The largest absolute Gasteiger partial charge is 0.344 e. The number of anilines is 1. The lowest BCUT2D eigenvalue weighted by Crippen LogP contribution is -2.28. The van der Waals surface area contributed by atoms with Crippen LogP contribution in [0.25, 0.3) is 0 Å². The lowest BCUT2D eigenvalue weighted by atomic mass is 10.1. The Bertz CT molecular complexity index is 1010. The van der Waals surface area contributed by atoms with Crippen LogP contribution in [0.15, 0.2) is 66.7 Å². The maximum absolute atomic E-state index is 12.5. The molecule has 0 aliphatic rings. The fourth-order valence-corrected chi connectivity index (χ4v) is 2.96. The molecule has 2 amide bonds. The molecule has 0 bridgehead atoms. The highest BCUT2D eigenvalue weighted by Gasteiger charge is 2.15. The molecule has 2 N–H and O–H groups in total. The summed E-state index contributed by atoms with van der Waals surface area (Å²) in [7, 11) is 0. The van der Waals surface area contributed by atoms with E-state index >= 15 is 0 Å². The van der Waals surface area contributed by atoms with Crippen molar-refractivity contribution in [1.82, 2.24) is 10.3 Å². The van der Waals surface area contributed by atoms with Gasteiger partial charge in [0.1, 0.15) is 11.4 Å². The van der Waals surface area contributed by atoms with Gasteiger partial charge in [-0.25, -0.2) is 4.98 Å². The van der Waals surface area contributed by atoms with Crippen LogP contribution in [0.1, 0.15) is 45.1 Å². The molecule has 0 saturated heterocycles. The fourth-order valence-electron chi connectivity index (χ4n) is 2.74. The Balaban J connectivity index is 1.72. The van der Waals surface area contributed by atoms with Crippen molar-refractivity contribution in [3.63, 3.8) is 0 Å². The van der Waals surface area contributed by atoms with Crippen LogP contribution in [-0.4, -0.2) is 16.8 Å². The number of amides is 2. The normalized spacial score (nSPS) is 11.5. The van der Waals surface area contributed by atoms with E-state index in [1.54, 1.807) is 36.4 Å². The summed E-state index contributed by atoms with van der Waals surface area (Å²) in [4.78, 5) is 29.3. The molecule has 2 aromatic carbocycles. The van der Waals surface area contributed by atoms with Gasteiger partial charge in [-0.3, -0.25) is 9.59 Å². The average Bonchev–Trinajstić information content (AvgIpc) is 2.70. The molecule has 3 aromatic rings. The molecule has 1 unspecified atom stereocenters. The summed E-state index contributed by atoms with van der Waals surface area (Å²) in [5.74, 6) is -0.732. The van der Waals surface area contributed by atoms with E-state index in [0.717, 1.165) is 11.1 Å². The zero-order valence-electron chi connectivity index (χ0n) is 15.6. The predicted octanol–water partition coefficient (Wildman–Crippen LogP) is 4.79. The van der Waals surface area contributed by atoms with Crippen LogP contribution in [0.4, 0.5) is 5.69 Å². The van der Waals surface area contributed by atoms with Crippen molar-refractivity contribution in [1.29, 1.82) is 0 Å². The number of aryl methyl sites for hydroxylation is 1. The quantitative estimate of drug-likeness (QED) is 0.654. The molecule has 6 heteroatoms. The zero-order chi connectivity index (χ0) is 20.1. The van der Waals surface area contributed by atoms with Crippen LogP contribution >= 0.6 is 11.6 Å². The first-order valence-electron chi connectivity index (χ1n) is 8.84. The highest BCUT2D eigenvalue weighted by molar-refractivity contribution is 6.30. The number of nitrogens with one attached hydrogen (secondary N) is 2. The van der Waals surface area contributed by atoms with E-state index in [4.69, 9.17) is 11.6 Å². The topological polar surface area (TPSA) is 71.1 Å². The molecular weight excluding hydrogens is 374 g/mol. The molecule has 3 rings (SSSR count). The van der Waals surface area contributed by atoms with Gasteiger partial charge in [0.05, 0.1) is 6.04 Å². The van der Waals surface area contributed by atoms with Crippen LogP contribution in [-0.2, 0) is 0 Å². The maximum atomic E-state index is 12.5. The lowest BCUT2D eigenvalue weighted by molar-refractivity contribution is 0.0934. The maximum Gasteiger partial charge on any atom is 0.274 e. The molecule has 0 spiro atoms. The summed E-state index contributed by atoms with van der Waals surface area (Å²) in [6, 6.07) is 19.4. The Kier molecular flexibility index (Phi) is 6.06. The van der Waals surface area contributed by atoms with Gasteiger partial charge in [0.15, 0.2) is 0 Å². The minimum absolute atomic E-state index is 0.161. The third-order valence-corrected chi connectivity index (χ3v) is 4.53. The summed E-state index contributed by atoms with van der Waals surface area (Å²) >= 11 is 5.94. The third kappa shape index (κ3) is 4.75. The van der Waals surface area contributed by atoms with E-state index in [9.17, 15) is 9.59 Å². The van der Waals surface area contributed by atoms with Gasteiger partial charge in [0.2, 0.25) is 0 Å². The number of aromatic nitrogens is 1. The fraction of sp³-hybridized carbons (Fsp3) is 0.136. The van der Waals surface area contributed by atoms with E-state index < -0.39 is 5.91 Å². The van der Waals surface area contributed by atoms with Gasteiger partial charge < -0.3 is 10.6 Å². The van der Waals surface area contributed by atoms with Gasteiger partial charge in [-0.1, -0.05) is 48.0 Å². The SMILES string of the molecule is Cc1cc(Cl)ccc1NC(=O)c1cccc(C(=O)NC(C)c2ccccc2)n1. The van der Waals surface area contributed by atoms with Crippen LogP contribution in [0.2, 0.25) is 5.02 Å². The van der Waals surface area contributed by atoms with Crippen LogP contribution in [0.5, 0.6) is 0 Å².